The fourth-order valence-corrected chi connectivity index (χ4v) is 3.26. The molecule has 1 fully saturated rings. The molecule has 1 atom stereocenters. The van der Waals surface area contributed by atoms with E-state index in [0.717, 1.165) is 12.1 Å². The molecule has 2 aromatic rings. The van der Waals surface area contributed by atoms with Gasteiger partial charge in [-0.05, 0) is 29.8 Å². The van der Waals surface area contributed by atoms with Gasteiger partial charge in [-0.1, -0.05) is 0 Å². The minimum absolute atomic E-state index is 0.0611. The average Bonchev–Trinajstić information content (AvgIpc) is 2.95. The first-order valence-corrected chi connectivity index (χ1v) is 7.01. The number of nitrogens with one attached hydrogen (secondary N) is 1. The van der Waals surface area contributed by atoms with E-state index in [1.165, 1.54) is 12.3 Å². The van der Waals surface area contributed by atoms with Gasteiger partial charge in [-0.2, -0.15) is 13.1 Å². The van der Waals surface area contributed by atoms with E-state index >= 15 is 0 Å². The number of hydrogen-bond donors (Lipinski definition) is 1. The molecule has 0 aliphatic carbocycles. The minimum atomic E-state index is -4.01. The van der Waals surface area contributed by atoms with Gasteiger partial charge in [0.2, 0.25) is 0 Å². The number of furan rings is 1. The van der Waals surface area contributed by atoms with Crippen LogP contribution in [0.3, 0.4) is 0 Å². The second kappa shape index (κ2) is 4.37. The summed E-state index contributed by atoms with van der Waals surface area (Å²) < 4.78 is 61.9. The maximum absolute atomic E-state index is 13.4. The third-order valence-electron chi connectivity index (χ3n) is 3.03. The summed E-state index contributed by atoms with van der Waals surface area (Å²) in [5.41, 5.74) is -1.42. The SMILES string of the molecule is O=S1(=O)N[C@@](c2cc(F)cc(F)c2)(c2ccco2)CO1. The summed E-state index contributed by atoms with van der Waals surface area (Å²) in [6, 6.07) is 5.80. The molecule has 3 rings (SSSR count). The van der Waals surface area contributed by atoms with Crippen molar-refractivity contribution in [1.82, 2.24) is 4.72 Å². The number of halogens is 2. The largest absolute Gasteiger partial charge is 0.467 e. The molecule has 0 saturated carbocycles. The second-order valence-electron chi connectivity index (χ2n) is 4.36. The molecule has 0 unspecified atom stereocenters. The maximum atomic E-state index is 13.4. The highest BCUT2D eigenvalue weighted by Gasteiger charge is 2.48. The third kappa shape index (κ3) is 2.11. The van der Waals surface area contributed by atoms with Crippen molar-refractivity contribution in [2.45, 2.75) is 5.54 Å². The van der Waals surface area contributed by atoms with Gasteiger partial charge in [0, 0.05) is 6.07 Å². The van der Waals surface area contributed by atoms with Gasteiger partial charge in [-0.25, -0.2) is 8.78 Å². The van der Waals surface area contributed by atoms with Crippen LogP contribution >= 0.6 is 0 Å². The van der Waals surface area contributed by atoms with Crippen molar-refractivity contribution >= 4 is 10.3 Å². The Bertz CT molecular complexity index is 725. The normalized spacial score (nSPS) is 24.9. The van der Waals surface area contributed by atoms with Crippen LogP contribution in [0.5, 0.6) is 0 Å². The Balaban J connectivity index is 2.21. The van der Waals surface area contributed by atoms with Crippen LogP contribution < -0.4 is 4.72 Å². The van der Waals surface area contributed by atoms with Crippen molar-refractivity contribution in [2.75, 3.05) is 6.61 Å². The lowest BCUT2D eigenvalue weighted by Crippen LogP contribution is -2.41. The van der Waals surface area contributed by atoms with Crippen molar-refractivity contribution in [2.24, 2.45) is 0 Å². The lowest BCUT2D eigenvalue weighted by Gasteiger charge is -2.24. The van der Waals surface area contributed by atoms with E-state index in [0.29, 0.717) is 6.07 Å². The summed E-state index contributed by atoms with van der Waals surface area (Å²) >= 11 is 0. The molecule has 1 aliphatic rings. The van der Waals surface area contributed by atoms with E-state index in [2.05, 4.69) is 8.91 Å². The van der Waals surface area contributed by atoms with Crippen LogP contribution in [0.1, 0.15) is 11.3 Å². The smallest absolute Gasteiger partial charge is 0.337 e. The Labute approximate surface area is 113 Å². The van der Waals surface area contributed by atoms with E-state index < -0.39 is 27.5 Å². The lowest BCUT2D eigenvalue weighted by atomic mass is 9.89. The predicted molar refractivity (Wildman–Crippen MR) is 63.9 cm³/mol. The summed E-state index contributed by atoms with van der Waals surface area (Å²) in [7, 11) is -4.01. The van der Waals surface area contributed by atoms with Crippen molar-refractivity contribution < 1.29 is 25.8 Å². The van der Waals surface area contributed by atoms with Gasteiger partial charge in [-0.15, -0.1) is 0 Å². The molecule has 8 heteroatoms. The second-order valence-corrected chi connectivity index (χ2v) is 5.71. The highest BCUT2D eigenvalue weighted by Crippen LogP contribution is 2.36. The summed E-state index contributed by atoms with van der Waals surface area (Å²) in [6.07, 6.45) is 1.33. The van der Waals surface area contributed by atoms with E-state index in [1.54, 1.807) is 6.07 Å². The molecule has 0 radical (unpaired) electrons. The van der Waals surface area contributed by atoms with Crippen LogP contribution in [0.4, 0.5) is 8.78 Å². The zero-order valence-corrected chi connectivity index (χ0v) is 10.8. The summed E-state index contributed by atoms with van der Waals surface area (Å²) in [5.74, 6) is -1.46. The van der Waals surface area contributed by atoms with Crippen molar-refractivity contribution in [3.8, 4) is 0 Å². The van der Waals surface area contributed by atoms with Gasteiger partial charge < -0.3 is 4.42 Å². The van der Waals surface area contributed by atoms with Crippen molar-refractivity contribution in [3.05, 3.63) is 59.6 Å². The monoisotopic (exact) mass is 301 g/mol. The molecule has 2 heterocycles. The molecule has 1 saturated heterocycles. The van der Waals surface area contributed by atoms with Gasteiger partial charge in [0.15, 0.2) is 0 Å². The summed E-state index contributed by atoms with van der Waals surface area (Å²) in [6.45, 7) is -0.355. The van der Waals surface area contributed by atoms with Crippen molar-refractivity contribution in [3.63, 3.8) is 0 Å². The molecule has 0 spiro atoms. The Hall–Kier alpha value is -1.77. The number of rotatable bonds is 2. The van der Waals surface area contributed by atoms with Crippen LogP contribution in [0, 0.1) is 11.6 Å². The molecular weight excluding hydrogens is 292 g/mol. The van der Waals surface area contributed by atoms with E-state index in [9.17, 15) is 17.2 Å². The zero-order chi connectivity index (χ0) is 14.4. The molecule has 106 valence electrons. The number of hydrogen-bond acceptors (Lipinski definition) is 4. The highest BCUT2D eigenvalue weighted by molar-refractivity contribution is 7.85. The minimum Gasteiger partial charge on any atom is -0.467 e. The van der Waals surface area contributed by atoms with E-state index in [4.69, 9.17) is 4.42 Å². The topological polar surface area (TPSA) is 68.5 Å². The molecule has 1 aromatic carbocycles. The Morgan fingerprint density at radius 3 is 2.40 bits per heavy atom. The fraction of sp³-hybridized carbons (Fsp3) is 0.167. The van der Waals surface area contributed by atoms with Gasteiger partial charge in [0.05, 0.1) is 12.9 Å². The van der Waals surface area contributed by atoms with Crippen LogP contribution in [-0.2, 0) is 20.0 Å². The van der Waals surface area contributed by atoms with Crippen LogP contribution in [0.15, 0.2) is 41.0 Å². The van der Waals surface area contributed by atoms with Crippen molar-refractivity contribution in [1.29, 1.82) is 0 Å². The summed E-state index contributed by atoms with van der Waals surface area (Å²) in [4.78, 5) is 0. The Kier molecular flexibility index (Phi) is 2.89. The molecule has 1 aliphatic heterocycles. The molecule has 1 aromatic heterocycles. The fourth-order valence-electron chi connectivity index (χ4n) is 2.17. The molecule has 20 heavy (non-hydrogen) atoms. The van der Waals surface area contributed by atoms with Crippen LogP contribution in [0.2, 0.25) is 0 Å². The van der Waals surface area contributed by atoms with Gasteiger partial charge in [0.25, 0.3) is 0 Å². The van der Waals surface area contributed by atoms with Crippen LogP contribution in [-0.4, -0.2) is 15.0 Å². The highest BCUT2D eigenvalue weighted by atomic mass is 32.2. The Morgan fingerprint density at radius 2 is 1.90 bits per heavy atom. The molecule has 0 bridgehead atoms. The first kappa shape index (κ1) is 13.2. The first-order valence-electron chi connectivity index (χ1n) is 5.60. The van der Waals surface area contributed by atoms with Gasteiger partial charge in [0.1, 0.15) is 22.9 Å². The molecule has 1 N–H and O–H groups in total. The quantitative estimate of drug-likeness (QED) is 0.916. The van der Waals surface area contributed by atoms with Gasteiger partial charge >= 0.3 is 10.3 Å². The maximum Gasteiger partial charge on any atom is 0.337 e. The molecule has 0 amide bonds. The van der Waals surface area contributed by atoms with Gasteiger partial charge in [-0.3, -0.25) is 4.18 Å². The summed E-state index contributed by atoms with van der Waals surface area (Å²) in [5, 5.41) is 0. The van der Waals surface area contributed by atoms with E-state index in [-0.39, 0.29) is 17.9 Å². The number of benzene rings is 1. The zero-order valence-electron chi connectivity index (χ0n) is 9.97. The standard InChI is InChI=1S/C12H9F2NO4S/c13-9-4-8(5-10(14)6-9)12(11-2-1-3-18-11)7-19-20(16,17)15-12/h1-6,15H,7H2/t12-/m0/s1. The third-order valence-corrected chi connectivity index (χ3v) is 4.05. The Morgan fingerprint density at radius 1 is 1.20 bits per heavy atom. The average molecular weight is 301 g/mol. The van der Waals surface area contributed by atoms with E-state index in [1.807, 2.05) is 0 Å². The molecular formula is C12H9F2NO4S. The lowest BCUT2D eigenvalue weighted by molar-refractivity contribution is 0.270. The molecule has 5 nitrogen and oxygen atoms in total. The first-order chi connectivity index (χ1) is 9.41. The predicted octanol–water partition coefficient (Wildman–Crippen LogP) is 1.67. The van der Waals surface area contributed by atoms with Crippen LogP contribution in [0.25, 0.3) is 0 Å².